The van der Waals surface area contributed by atoms with Crippen LogP contribution in [-0.2, 0) is 4.74 Å². The van der Waals surface area contributed by atoms with Crippen molar-refractivity contribution < 1.29 is 14.3 Å². The molecule has 0 saturated carbocycles. The zero-order chi connectivity index (χ0) is 23.2. The number of likely N-dealkylation sites (tertiary alicyclic amines) is 1. The number of benzene rings is 2. The minimum absolute atomic E-state index is 0.0734. The Kier molecular flexibility index (Phi) is 7.60. The minimum Gasteiger partial charge on any atom is -0.461 e. The molecule has 4 rings (SSSR count). The fourth-order valence-electron chi connectivity index (χ4n) is 4.09. The number of amides is 1. The van der Waals surface area contributed by atoms with Crippen molar-refractivity contribution in [3.05, 3.63) is 70.3 Å². The molecule has 1 amide bonds. The van der Waals surface area contributed by atoms with E-state index in [2.05, 4.69) is 21.0 Å². The summed E-state index contributed by atoms with van der Waals surface area (Å²) in [5, 5.41) is 4.52. The Balaban J connectivity index is 1.64. The number of esters is 1. The smallest absolute Gasteiger partial charge is 0.358 e. The van der Waals surface area contributed by atoms with Crippen LogP contribution in [-0.4, -0.2) is 46.3 Å². The molecule has 0 aliphatic carbocycles. The van der Waals surface area contributed by atoms with Gasteiger partial charge in [0.05, 0.1) is 18.0 Å². The van der Waals surface area contributed by atoms with Gasteiger partial charge in [-0.2, -0.15) is 5.10 Å². The highest BCUT2D eigenvalue weighted by molar-refractivity contribution is 9.10. The van der Waals surface area contributed by atoms with Crippen LogP contribution in [0.15, 0.2) is 59.1 Å². The largest absolute Gasteiger partial charge is 0.461 e. The van der Waals surface area contributed by atoms with Crippen LogP contribution in [0.2, 0.25) is 0 Å². The van der Waals surface area contributed by atoms with Crippen molar-refractivity contribution in [3.8, 4) is 16.9 Å². The van der Waals surface area contributed by atoms with Crippen molar-refractivity contribution in [2.24, 2.45) is 0 Å². The zero-order valence-electron chi connectivity index (χ0n) is 18.8. The zero-order valence-corrected chi connectivity index (χ0v) is 20.4. The quantitative estimate of drug-likeness (QED) is 0.402. The number of rotatable bonds is 5. The van der Waals surface area contributed by atoms with Crippen LogP contribution < -0.4 is 0 Å². The summed E-state index contributed by atoms with van der Waals surface area (Å²) in [7, 11) is 0. The molecule has 1 aliphatic heterocycles. The van der Waals surface area contributed by atoms with Gasteiger partial charge in [0.2, 0.25) is 0 Å². The van der Waals surface area contributed by atoms with Crippen molar-refractivity contribution in [2.75, 3.05) is 19.7 Å². The highest BCUT2D eigenvalue weighted by Crippen LogP contribution is 2.26. The van der Waals surface area contributed by atoms with Crippen LogP contribution in [0.4, 0.5) is 0 Å². The summed E-state index contributed by atoms with van der Waals surface area (Å²) < 4.78 is 7.84. The Morgan fingerprint density at radius 1 is 0.939 bits per heavy atom. The van der Waals surface area contributed by atoms with Gasteiger partial charge >= 0.3 is 5.97 Å². The number of carbonyl (C=O) groups is 2. The normalized spacial score (nSPS) is 14.4. The third-order valence-electron chi connectivity index (χ3n) is 5.84. The van der Waals surface area contributed by atoms with E-state index in [0.717, 1.165) is 47.3 Å². The van der Waals surface area contributed by atoms with E-state index in [-0.39, 0.29) is 18.2 Å². The highest BCUT2D eigenvalue weighted by atomic mass is 79.9. The Hall–Kier alpha value is -2.93. The van der Waals surface area contributed by atoms with E-state index in [9.17, 15) is 9.59 Å². The lowest BCUT2D eigenvalue weighted by Gasteiger charge is -2.25. The second kappa shape index (κ2) is 10.8. The molecule has 0 unspecified atom stereocenters. The van der Waals surface area contributed by atoms with Gasteiger partial charge in [-0.25, -0.2) is 9.48 Å². The fourth-order valence-corrected chi connectivity index (χ4v) is 4.35. The molecule has 3 aromatic rings. The van der Waals surface area contributed by atoms with Gasteiger partial charge in [-0.15, -0.1) is 0 Å². The van der Waals surface area contributed by atoms with Crippen LogP contribution >= 0.6 is 15.9 Å². The second-order valence-corrected chi connectivity index (χ2v) is 9.08. The van der Waals surface area contributed by atoms with Gasteiger partial charge in [-0.1, -0.05) is 47.3 Å². The van der Waals surface area contributed by atoms with Crippen molar-refractivity contribution in [2.45, 2.75) is 39.0 Å². The van der Waals surface area contributed by atoms with Gasteiger partial charge in [-0.05, 0) is 62.2 Å². The number of hydrogen-bond acceptors (Lipinski definition) is 4. The van der Waals surface area contributed by atoms with Crippen molar-refractivity contribution >= 4 is 27.8 Å². The summed E-state index contributed by atoms with van der Waals surface area (Å²) in [6.07, 6.45) is 5.75. The highest BCUT2D eigenvalue weighted by Gasteiger charge is 2.20. The molecule has 1 saturated heterocycles. The molecular formula is C26H28BrN3O3. The molecule has 0 radical (unpaired) electrons. The van der Waals surface area contributed by atoms with Crippen LogP contribution in [0.3, 0.4) is 0 Å². The van der Waals surface area contributed by atoms with Crippen LogP contribution in [0.5, 0.6) is 0 Å². The van der Waals surface area contributed by atoms with E-state index in [4.69, 9.17) is 4.74 Å². The Labute approximate surface area is 202 Å². The van der Waals surface area contributed by atoms with E-state index in [0.29, 0.717) is 5.56 Å². The first-order chi connectivity index (χ1) is 16.1. The second-order valence-electron chi connectivity index (χ2n) is 8.16. The lowest BCUT2D eigenvalue weighted by atomic mass is 10.1. The van der Waals surface area contributed by atoms with Crippen LogP contribution in [0, 0.1) is 0 Å². The average molecular weight is 510 g/mol. The topological polar surface area (TPSA) is 64.4 Å². The summed E-state index contributed by atoms with van der Waals surface area (Å²) in [6.45, 7) is 3.69. The third-order valence-corrected chi connectivity index (χ3v) is 6.36. The van der Waals surface area contributed by atoms with E-state index >= 15 is 0 Å². The first-order valence-electron chi connectivity index (χ1n) is 11.5. The van der Waals surface area contributed by atoms with Gasteiger partial charge in [0.25, 0.3) is 5.91 Å². The maximum Gasteiger partial charge on any atom is 0.358 e. The van der Waals surface area contributed by atoms with Crippen molar-refractivity contribution in [1.82, 2.24) is 14.7 Å². The molecule has 0 bridgehead atoms. The molecule has 7 heteroatoms. The molecule has 2 aromatic carbocycles. The van der Waals surface area contributed by atoms with E-state index < -0.39 is 5.97 Å². The number of hydrogen-bond donors (Lipinski definition) is 0. The lowest BCUT2D eigenvalue weighted by molar-refractivity contribution is 0.0518. The molecule has 0 spiro atoms. The monoisotopic (exact) mass is 509 g/mol. The fraction of sp³-hybridized carbons (Fsp3) is 0.346. The molecule has 2 heterocycles. The number of aromatic nitrogens is 2. The van der Waals surface area contributed by atoms with E-state index in [1.54, 1.807) is 17.7 Å². The van der Waals surface area contributed by atoms with Gasteiger partial charge in [0, 0.05) is 28.7 Å². The summed E-state index contributed by atoms with van der Waals surface area (Å²) in [5.74, 6) is -0.386. The third kappa shape index (κ3) is 5.53. The van der Waals surface area contributed by atoms with Gasteiger partial charge in [-0.3, -0.25) is 4.79 Å². The van der Waals surface area contributed by atoms with Crippen LogP contribution in [0.1, 0.15) is 59.9 Å². The lowest BCUT2D eigenvalue weighted by Crippen LogP contribution is -2.33. The summed E-state index contributed by atoms with van der Waals surface area (Å²) in [5.41, 5.74) is 3.38. The van der Waals surface area contributed by atoms with Gasteiger partial charge < -0.3 is 9.64 Å². The maximum atomic E-state index is 13.0. The molecule has 0 atom stereocenters. The first-order valence-corrected chi connectivity index (χ1v) is 12.3. The molecule has 33 heavy (non-hydrogen) atoms. The van der Waals surface area contributed by atoms with Crippen LogP contribution in [0.25, 0.3) is 16.9 Å². The van der Waals surface area contributed by atoms with Gasteiger partial charge in [0.15, 0.2) is 5.69 Å². The molecule has 6 nitrogen and oxygen atoms in total. The molecule has 1 aromatic heterocycles. The predicted octanol–water partition coefficient (Wildman–Crippen LogP) is 5.88. The maximum absolute atomic E-state index is 13.0. The number of halogens is 1. The average Bonchev–Trinajstić information content (AvgIpc) is 3.25. The van der Waals surface area contributed by atoms with Gasteiger partial charge in [0.1, 0.15) is 0 Å². The van der Waals surface area contributed by atoms with Crippen molar-refractivity contribution in [1.29, 1.82) is 0 Å². The number of carbonyl (C=O) groups excluding carboxylic acids is 2. The predicted molar refractivity (Wildman–Crippen MR) is 132 cm³/mol. The molecule has 1 fully saturated rings. The molecule has 0 N–H and O–H groups in total. The number of ether oxygens (including phenoxy) is 1. The SMILES string of the molecule is CCOC(=O)c1cc(-c2ccc(Br)cc2)n(-c2ccc(C(=O)N3CCCCCCC3)cc2)n1. The Morgan fingerprint density at radius 3 is 2.21 bits per heavy atom. The molecular weight excluding hydrogens is 482 g/mol. The minimum atomic E-state index is -0.460. The number of nitrogens with zero attached hydrogens (tertiary/aromatic N) is 3. The van der Waals surface area contributed by atoms with E-state index in [1.165, 1.54) is 19.3 Å². The first kappa shape index (κ1) is 23.2. The Bertz CT molecular complexity index is 1100. The summed E-state index contributed by atoms with van der Waals surface area (Å²) in [6, 6.07) is 17.0. The van der Waals surface area contributed by atoms with E-state index in [1.807, 2.05) is 53.4 Å². The van der Waals surface area contributed by atoms with Crippen molar-refractivity contribution in [3.63, 3.8) is 0 Å². The Morgan fingerprint density at radius 2 is 1.58 bits per heavy atom. The standard InChI is InChI=1S/C26H28BrN3O3/c1-2-33-26(32)23-18-24(19-8-12-21(27)13-9-19)30(28-23)22-14-10-20(11-15-22)25(31)29-16-6-4-3-5-7-17-29/h8-15,18H,2-7,16-17H2,1H3. The summed E-state index contributed by atoms with van der Waals surface area (Å²) in [4.78, 5) is 27.3. The summed E-state index contributed by atoms with van der Waals surface area (Å²) >= 11 is 3.46. The molecule has 1 aliphatic rings. The molecule has 172 valence electrons.